The molecule has 8 heteroatoms. The second kappa shape index (κ2) is 6.86. The van der Waals surface area contributed by atoms with Gasteiger partial charge in [-0.3, -0.25) is 0 Å². The zero-order valence-electron chi connectivity index (χ0n) is 10.7. The number of nitrogens with zero attached hydrogens (tertiary/aromatic N) is 3. The average molecular weight is 787 g/mol. The summed E-state index contributed by atoms with van der Waals surface area (Å²) < 4.78 is 15.9. The minimum atomic E-state index is -0.798. The van der Waals surface area contributed by atoms with E-state index < -0.39 is 74.6 Å². The molecular weight excluding hydrogens is 768 g/mol. The number of hydrogen-bond donors (Lipinski definition) is 2. The summed E-state index contributed by atoms with van der Waals surface area (Å²) in [6, 6.07) is 0.639. The number of fused-ring (bicyclic) bond motifs is 1. The predicted molar refractivity (Wildman–Crippen MR) is 51.5 cm³/mol. The third-order valence-corrected chi connectivity index (χ3v) is 20.4. The molecule has 2 fully saturated rings. The first-order valence-corrected chi connectivity index (χ1v) is 30.3. The van der Waals surface area contributed by atoms with Crippen LogP contribution in [0, 0.1) is 0 Å². The van der Waals surface area contributed by atoms with Crippen molar-refractivity contribution in [1.82, 2.24) is 13.3 Å². The van der Waals surface area contributed by atoms with Gasteiger partial charge in [-0.2, -0.15) is 0 Å². The maximum absolute atomic E-state index is 6.30. The summed E-state index contributed by atoms with van der Waals surface area (Å²) in [7, 11) is 0. The monoisotopic (exact) mass is 791 g/mol. The molecule has 0 aromatic carbocycles. The molecule has 16 heavy (non-hydrogen) atoms. The Hall–Kier alpha value is 2.61. The van der Waals surface area contributed by atoms with Gasteiger partial charge in [0.25, 0.3) is 0 Å². The van der Waals surface area contributed by atoms with Crippen molar-refractivity contribution < 1.29 is 74.6 Å². The predicted octanol–water partition coefficient (Wildman–Crippen LogP) is -0.459. The zero-order chi connectivity index (χ0) is 11.7. The second-order valence-corrected chi connectivity index (χ2v) is 21.5. The first-order chi connectivity index (χ1) is 7.72. The van der Waals surface area contributed by atoms with E-state index in [4.69, 9.17) is 5.73 Å². The van der Waals surface area contributed by atoms with Crippen molar-refractivity contribution in [3.63, 3.8) is 0 Å². The summed E-state index contributed by atoms with van der Waals surface area (Å²) in [6.07, 6.45) is 0.973. The third kappa shape index (κ3) is 2.86. The Morgan fingerprint density at radius 2 is 1.69 bits per heavy atom. The van der Waals surface area contributed by atoms with Gasteiger partial charge in [0, 0.05) is 0 Å². The van der Waals surface area contributed by atoms with Crippen LogP contribution < -0.4 is 11.1 Å². The van der Waals surface area contributed by atoms with Crippen molar-refractivity contribution >= 4 is 0 Å². The molecule has 0 aromatic heterocycles. The van der Waals surface area contributed by atoms with Crippen LogP contribution in [0.15, 0.2) is 0 Å². The Morgan fingerprint density at radius 3 is 2.25 bits per heavy atom. The molecule has 2 rings (SSSR count). The van der Waals surface area contributed by atoms with Crippen molar-refractivity contribution in [3.05, 3.63) is 0 Å². The van der Waals surface area contributed by atoms with E-state index in [2.05, 4.69) is 26.6 Å². The van der Waals surface area contributed by atoms with Crippen molar-refractivity contribution in [1.29, 1.82) is 0 Å². The molecule has 2 aliphatic heterocycles. The maximum atomic E-state index is 6.30. The SMILES string of the molecule is [CH3][Hg][N]1C[N]([Hg][CH3])C2C1C(N)NC[N]2[Hg][CH3]. The van der Waals surface area contributed by atoms with Crippen molar-refractivity contribution in [2.24, 2.45) is 5.73 Å². The molecule has 0 aromatic rings. The van der Waals surface area contributed by atoms with Crippen molar-refractivity contribution in [2.45, 2.75) is 31.7 Å². The van der Waals surface area contributed by atoms with E-state index in [1.807, 2.05) is 0 Å². The standard InChI is InChI=1S/C5H10N5.3CH3.3Hg/c6-4-3-5(9-1-7-3)10-2-8-4;;;;;;/h3-5,8H,1-2,6H2;3*1H3;;;/q-3;;;;3*+1. The van der Waals surface area contributed by atoms with Gasteiger partial charge in [0.2, 0.25) is 0 Å². The summed E-state index contributed by atoms with van der Waals surface area (Å²) >= 11 is -2.36. The van der Waals surface area contributed by atoms with Gasteiger partial charge in [-0.15, -0.1) is 0 Å². The number of hydrogen-bond acceptors (Lipinski definition) is 5. The van der Waals surface area contributed by atoms with Gasteiger partial charge >= 0.3 is 139 Å². The molecule has 0 saturated carbocycles. The fraction of sp³-hybridized carbons (Fsp3) is 1.00. The number of rotatable bonds is 3. The Balaban J connectivity index is 2.20. The summed E-state index contributed by atoms with van der Waals surface area (Å²) in [5, 5.41) is 3.51. The summed E-state index contributed by atoms with van der Waals surface area (Å²) in [5.74, 6) is 0. The Bertz CT molecular complexity index is 242. The first-order valence-electron chi connectivity index (χ1n) is 6.44. The summed E-state index contributed by atoms with van der Waals surface area (Å²) in [6.45, 7) is 2.35. The molecule has 3 unspecified atom stereocenters. The molecule has 0 spiro atoms. The molecule has 3 atom stereocenters. The quantitative estimate of drug-likeness (QED) is 0.380. The molecular formula is C8H19Hg3N5. The molecule has 82 valence electrons. The third-order valence-electron chi connectivity index (χ3n) is 3.96. The van der Waals surface area contributed by atoms with E-state index in [-0.39, 0.29) is 6.17 Å². The van der Waals surface area contributed by atoms with Crippen LogP contribution in [0.1, 0.15) is 0 Å². The molecule has 0 aliphatic carbocycles. The number of nitrogens with two attached hydrogens (primary N) is 1. The molecule has 2 heterocycles. The van der Waals surface area contributed by atoms with Gasteiger partial charge in [0.15, 0.2) is 0 Å². The van der Waals surface area contributed by atoms with E-state index in [1.54, 1.807) is 0 Å². The van der Waals surface area contributed by atoms with E-state index in [9.17, 15) is 0 Å². The molecule has 2 saturated heterocycles. The van der Waals surface area contributed by atoms with Gasteiger partial charge < -0.3 is 0 Å². The molecule has 5 nitrogen and oxygen atoms in total. The van der Waals surface area contributed by atoms with Gasteiger partial charge in [0.05, 0.1) is 0 Å². The normalized spacial score (nSPS) is 36.4. The van der Waals surface area contributed by atoms with Crippen molar-refractivity contribution in [2.75, 3.05) is 13.3 Å². The van der Waals surface area contributed by atoms with Gasteiger partial charge in [-0.05, 0) is 0 Å². The van der Waals surface area contributed by atoms with Gasteiger partial charge in [-0.25, -0.2) is 0 Å². The first kappa shape index (κ1) is 15.0. The number of nitrogens with one attached hydrogen (secondary N) is 1. The van der Waals surface area contributed by atoms with E-state index >= 15 is 0 Å². The van der Waals surface area contributed by atoms with Crippen LogP contribution in [-0.4, -0.2) is 39.7 Å². The minimum absolute atomic E-state index is 0.228. The summed E-state index contributed by atoms with van der Waals surface area (Å²) in [4.78, 5) is 0. The van der Waals surface area contributed by atoms with Crippen LogP contribution in [0.5, 0.6) is 0 Å². The van der Waals surface area contributed by atoms with Crippen LogP contribution in [0.25, 0.3) is 0 Å². The van der Waals surface area contributed by atoms with E-state index in [0.29, 0.717) is 6.04 Å². The Morgan fingerprint density at radius 1 is 1.06 bits per heavy atom. The molecule has 0 bridgehead atoms. The van der Waals surface area contributed by atoms with E-state index in [1.165, 1.54) is 6.67 Å². The van der Waals surface area contributed by atoms with Crippen LogP contribution in [0.4, 0.5) is 0 Å². The topological polar surface area (TPSA) is 47.8 Å². The Kier molecular flexibility index (Phi) is 6.43. The van der Waals surface area contributed by atoms with Gasteiger partial charge in [0.1, 0.15) is 0 Å². The molecule has 0 radical (unpaired) electrons. The molecule has 3 N–H and O–H groups in total. The van der Waals surface area contributed by atoms with Crippen LogP contribution in [0.3, 0.4) is 0 Å². The van der Waals surface area contributed by atoms with Gasteiger partial charge in [-0.1, -0.05) is 0 Å². The Labute approximate surface area is 136 Å². The van der Waals surface area contributed by atoms with Crippen LogP contribution >= 0.6 is 0 Å². The summed E-state index contributed by atoms with van der Waals surface area (Å²) in [5.41, 5.74) is 6.30. The zero-order valence-corrected chi connectivity index (χ0v) is 27.2. The van der Waals surface area contributed by atoms with E-state index in [0.717, 1.165) is 12.8 Å². The second-order valence-electron chi connectivity index (χ2n) is 4.65. The van der Waals surface area contributed by atoms with Crippen LogP contribution in [-0.2, 0) is 74.6 Å². The fourth-order valence-corrected chi connectivity index (χ4v) is 25.3. The molecule has 2 aliphatic rings. The molecule has 0 amide bonds. The fourth-order valence-electron chi connectivity index (χ4n) is 3.01. The van der Waals surface area contributed by atoms with Crippen molar-refractivity contribution in [3.8, 4) is 0 Å². The average Bonchev–Trinajstić information content (AvgIpc) is 2.69. The van der Waals surface area contributed by atoms with Crippen LogP contribution in [0.2, 0.25) is 13.3 Å².